The van der Waals surface area contributed by atoms with Crippen LogP contribution in [0.2, 0.25) is 0 Å². The molecule has 0 radical (unpaired) electrons. The first-order valence-electron chi connectivity index (χ1n) is 8.43. The molecule has 2 saturated heterocycles. The standard InChI is InChI=1S/C18H26N2O2/c1-13-9-10-19-12-16(13)20-18(21)15-8-5-11-22-17(15)14-6-3-2-4-7-14/h2-4,6-7,13,15-17,19H,5,8-12H2,1H3,(H,20,21). The van der Waals surface area contributed by atoms with Crippen molar-refractivity contribution in [3.63, 3.8) is 0 Å². The third-order valence-electron chi connectivity index (χ3n) is 4.94. The van der Waals surface area contributed by atoms with E-state index in [0.717, 1.165) is 44.5 Å². The first-order valence-corrected chi connectivity index (χ1v) is 8.43. The van der Waals surface area contributed by atoms with Gasteiger partial charge >= 0.3 is 0 Å². The van der Waals surface area contributed by atoms with Crippen LogP contribution in [0.25, 0.3) is 0 Å². The van der Waals surface area contributed by atoms with Crippen molar-refractivity contribution in [1.29, 1.82) is 0 Å². The van der Waals surface area contributed by atoms with Gasteiger partial charge in [0.05, 0.1) is 12.0 Å². The van der Waals surface area contributed by atoms with Gasteiger partial charge in [-0.15, -0.1) is 0 Å². The van der Waals surface area contributed by atoms with Crippen LogP contribution >= 0.6 is 0 Å². The van der Waals surface area contributed by atoms with Gasteiger partial charge in [-0.05, 0) is 37.3 Å². The Balaban J connectivity index is 1.69. The number of carbonyl (C=O) groups excluding carboxylic acids is 1. The normalized spacial score (nSPS) is 32.4. The van der Waals surface area contributed by atoms with Gasteiger partial charge in [0.25, 0.3) is 0 Å². The highest BCUT2D eigenvalue weighted by molar-refractivity contribution is 5.80. The molecule has 2 fully saturated rings. The van der Waals surface area contributed by atoms with E-state index in [9.17, 15) is 4.79 Å². The van der Waals surface area contributed by atoms with Crippen molar-refractivity contribution >= 4 is 5.91 Å². The zero-order valence-electron chi connectivity index (χ0n) is 13.3. The molecule has 0 saturated carbocycles. The number of ether oxygens (including phenoxy) is 1. The highest BCUT2D eigenvalue weighted by Crippen LogP contribution is 2.34. The van der Waals surface area contributed by atoms with Crippen molar-refractivity contribution in [1.82, 2.24) is 10.6 Å². The van der Waals surface area contributed by atoms with E-state index in [1.165, 1.54) is 0 Å². The SMILES string of the molecule is CC1CCNCC1NC(=O)C1CCCOC1c1ccccc1. The lowest BCUT2D eigenvalue weighted by atomic mass is 9.87. The van der Waals surface area contributed by atoms with Gasteiger partial charge in [0.15, 0.2) is 0 Å². The number of rotatable bonds is 3. The molecule has 1 aromatic rings. The van der Waals surface area contributed by atoms with E-state index in [1.807, 2.05) is 18.2 Å². The monoisotopic (exact) mass is 302 g/mol. The minimum Gasteiger partial charge on any atom is -0.373 e. The molecule has 120 valence electrons. The molecule has 1 amide bonds. The predicted octanol–water partition coefficient (Wildman–Crippen LogP) is 2.27. The number of carbonyl (C=O) groups is 1. The minimum absolute atomic E-state index is 0.0784. The fraction of sp³-hybridized carbons (Fsp3) is 0.611. The summed E-state index contributed by atoms with van der Waals surface area (Å²) in [5.41, 5.74) is 1.11. The molecule has 0 bridgehead atoms. The van der Waals surface area contributed by atoms with Crippen LogP contribution in [0.15, 0.2) is 30.3 Å². The Kier molecular flexibility index (Phi) is 5.11. The average Bonchev–Trinajstić information content (AvgIpc) is 2.58. The molecule has 4 nitrogen and oxygen atoms in total. The number of piperidine rings is 1. The van der Waals surface area contributed by atoms with Crippen LogP contribution in [0, 0.1) is 11.8 Å². The second kappa shape index (κ2) is 7.25. The van der Waals surface area contributed by atoms with Gasteiger partial charge in [0.2, 0.25) is 5.91 Å². The Morgan fingerprint density at radius 2 is 2.09 bits per heavy atom. The zero-order valence-corrected chi connectivity index (χ0v) is 13.3. The van der Waals surface area contributed by atoms with Crippen molar-refractivity contribution in [2.45, 2.75) is 38.3 Å². The molecule has 22 heavy (non-hydrogen) atoms. The predicted molar refractivity (Wildman–Crippen MR) is 86.4 cm³/mol. The Morgan fingerprint density at radius 1 is 1.27 bits per heavy atom. The van der Waals surface area contributed by atoms with E-state index in [2.05, 4.69) is 29.7 Å². The number of hydrogen-bond donors (Lipinski definition) is 2. The van der Waals surface area contributed by atoms with Gasteiger partial charge in [-0.25, -0.2) is 0 Å². The van der Waals surface area contributed by atoms with Crippen LogP contribution in [-0.2, 0) is 9.53 Å². The van der Waals surface area contributed by atoms with Gasteiger partial charge < -0.3 is 15.4 Å². The quantitative estimate of drug-likeness (QED) is 0.900. The molecule has 4 unspecified atom stereocenters. The molecule has 2 heterocycles. The molecule has 0 aromatic heterocycles. The maximum Gasteiger partial charge on any atom is 0.226 e. The van der Waals surface area contributed by atoms with Crippen molar-refractivity contribution in [2.75, 3.05) is 19.7 Å². The van der Waals surface area contributed by atoms with Crippen molar-refractivity contribution in [2.24, 2.45) is 11.8 Å². The summed E-state index contributed by atoms with van der Waals surface area (Å²) in [6, 6.07) is 10.4. The van der Waals surface area contributed by atoms with Crippen molar-refractivity contribution in [3.8, 4) is 0 Å². The van der Waals surface area contributed by atoms with Gasteiger partial charge in [0.1, 0.15) is 0 Å². The lowest BCUT2D eigenvalue weighted by molar-refractivity contribution is -0.136. The number of hydrogen-bond acceptors (Lipinski definition) is 3. The molecule has 4 heteroatoms. The van der Waals surface area contributed by atoms with Crippen molar-refractivity contribution < 1.29 is 9.53 Å². The third-order valence-corrected chi connectivity index (χ3v) is 4.94. The van der Waals surface area contributed by atoms with Gasteiger partial charge in [-0.3, -0.25) is 4.79 Å². The second-order valence-electron chi connectivity index (χ2n) is 6.54. The summed E-state index contributed by atoms with van der Waals surface area (Å²) < 4.78 is 5.94. The summed E-state index contributed by atoms with van der Waals surface area (Å²) in [6.07, 6.45) is 2.87. The van der Waals surface area contributed by atoms with E-state index in [1.54, 1.807) is 0 Å². The summed E-state index contributed by atoms with van der Waals surface area (Å²) in [7, 11) is 0. The van der Waals surface area contributed by atoms with E-state index in [-0.39, 0.29) is 24.0 Å². The summed E-state index contributed by atoms with van der Waals surface area (Å²) in [6.45, 7) is 4.88. The van der Waals surface area contributed by atoms with E-state index >= 15 is 0 Å². The number of benzene rings is 1. The highest BCUT2D eigenvalue weighted by Gasteiger charge is 2.34. The fourth-order valence-electron chi connectivity index (χ4n) is 3.49. The van der Waals surface area contributed by atoms with Crippen LogP contribution in [0.5, 0.6) is 0 Å². The molecule has 1 aromatic carbocycles. The molecule has 4 atom stereocenters. The highest BCUT2D eigenvalue weighted by atomic mass is 16.5. The van der Waals surface area contributed by atoms with Gasteiger partial charge in [0, 0.05) is 19.2 Å². The van der Waals surface area contributed by atoms with E-state index in [4.69, 9.17) is 4.74 Å². The molecular weight excluding hydrogens is 276 g/mol. The van der Waals surface area contributed by atoms with Crippen LogP contribution in [-0.4, -0.2) is 31.6 Å². The molecule has 3 rings (SSSR count). The lowest BCUT2D eigenvalue weighted by Gasteiger charge is -2.35. The first kappa shape index (κ1) is 15.5. The third kappa shape index (κ3) is 3.50. The van der Waals surface area contributed by atoms with Crippen LogP contribution in [0.1, 0.15) is 37.9 Å². The maximum absolute atomic E-state index is 12.8. The summed E-state index contributed by atoms with van der Waals surface area (Å²) in [4.78, 5) is 12.8. The minimum atomic E-state index is -0.109. The molecular formula is C18H26N2O2. The Labute approximate surface area is 132 Å². The largest absolute Gasteiger partial charge is 0.373 e. The van der Waals surface area contributed by atoms with E-state index in [0.29, 0.717) is 5.92 Å². The number of nitrogens with one attached hydrogen (secondary N) is 2. The summed E-state index contributed by atoms with van der Waals surface area (Å²) in [5, 5.41) is 6.63. The molecule has 2 N–H and O–H groups in total. The Bertz CT molecular complexity index is 491. The Hall–Kier alpha value is -1.39. The molecule has 2 aliphatic heterocycles. The average molecular weight is 302 g/mol. The van der Waals surface area contributed by atoms with Crippen LogP contribution < -0.4 is 10.6 Å². The topological polar surface area (TPSA) is 50.4 Å². The zero-order chi connectivity index (χ0) is 15.4. The molecule has 0 spiro atoms. The summed E-state index contributed by atoms with van der Waals surface area (Å²) >= 11 is 0. The number of amides is 1. The molecule has 2 aliphatic rings. The van der Waals surface area contributed by atoms with Crippen molar-refractivity contribution in [3.05, 3.63) is 35.9 Å². The first-order chi connectivity index (χ1) is 10.8. The van der Waals surface area contributed by atoms with E-state index < -0.39 is 0 Å². The Morgan fingerprint density at radius 3 is 2.86 bits per heavy atom. The van der Waals surface area contributed by atoms with Gasteiger partial charge in [-0.1, -0.05) is 37.3 Å². The fourth-order valence-corrected chi connectivity index (χ4v) is 3.49. The summed E-state index contributed by atoms with van der Waals surface area (Å²) in [5.74, 6) is 0.601. The maximum atomic E-state index is 12.8. The lowest BCUT2D eigenvalue weighted by Crippen LogP contribution is -2.52. The smallest absolute Gasteiger partial charge is 0.226 e. The van der Waals surface area contributed by atoms with Gasteiger partial charge in [-0.2, -0.15) is 0 Å². The van der Waals surface area contributed by atoms with Crippen LogP contribution in [0.4, 0.5) is 0 Å². The second-order valence-corrected chi connectivity index (χ2v) is 6.54. The van der Waals surface area contributed by atoms with Crippen LogP contribution in [0.3, 0.4) is 0 Å². The molecule has 0 aliphatic carbocycles.